The van der Waals surface area contributed by atoms with Gasteiger partial charge in [-0.05, 0) is 30.3 Å². The van der Waals surface area contributed by atoms with Gasteiger partial charge in [0.1, 0.15) is 11.3 Å². The molecule has 0 aromatic heterocycles. The Balaban J connectivity index is 2.43. The molecule has 25 heavy (non-hydrogen) atoms. The van der Waals surface area contributed by atoms with Gasteiger partial charge in [-0.3, -0.25) is 0 Å². The molecule has 0 spiro atoms. The zero-order valence-electron chi connectivity index (χ0n) is 14.4. The van der Waals surface area contributed by atoms with E-state index in [1.807, 2.05) is 0 Å². The van der Waals surface area contributed by atoms with E-state index in [0.717, 1.165) is 0 Å². The number of hydrogen-bond acceptors (Lipinski definition) is 5. The van der Waals surface area contributed by atoms with E-state index in [0.29, 0.717) is 28.4 Å². The van der Waals surface area contributed by atoms with E-state index in [2.05, 4.69) is 11.8 Å². The van der Waals surface area contributed by atoms with Crippen molar-refractivity contribution in [2.45, 2.75) is 0 Å². The number of carboxylic acid groups (broad SMARTS) is 1. The first-order valence-corrected chi connectivity index (χ1v) is 7.27. The second-order valence-electron chi connectivity index (χ2n) is 4.88. The Labute approximate surface area is 145 Å². The molecule has 2 rings (SSSR count). The third kappa shape index (κ3) is 3.96. The molecule has 0 radical (unpaired) electrons. The van der Waals surface area contributed by atoms with E-state index >= 15 is 0 Å². The first kappa shape index (κ1) is 18.0. The summed E-state index contributed by atoms with van der Waals surface area (Å²) in [7, 11) is 6.01. The maximum atomic E-state index is 11.1. The molecule has 130 valence electrons. The number of carbonyl (C=O) groups is 1. The van der Waals surface area contributed by atoms with Crippen LogP contribution in [0, 0.1) is 11.8 Å². The second kappa shape index (κ2) is 7.97. The second-order valence-corrected chi connectivity index (χ2v) is 4.88. The average Bonchev–Trinajstić information content (AvgIpc) is 2.64. The van der Waals surface area contributed by atoms with Gasteiger partial charge in [0, 0.05) is 11.1 Å². The number of rotatable bonds is 5. The van der Waals surface area contributed by atoms with Crippen molar-refractivity contribution in [3.05, 3.63) is 47.0 Å². The van der Waals surface area contributed by atoms with Gasteiger partial charge in [-0.2, -0.15) is 0 Å². The molecule has 0 amide bonds. The predicted octanol–water partition coefficient (Wildman–Crippen LogP) is 2.82. The summed E-state index contributed by atoms with van der Waals surface area (Å²) in [6.07, 6.45) is 0. The normalized spacial score (nSPS) is 9.60. The highest BCUT2D eigenvalue weighted by Crippen LogP contribution is 2.37. The Hall–Kier alpha value is -3.33. The van der Waals surface area contributed by atoms with Gasteiger partial charge in [0.25, 0.3) is 0 Å². The van der Waals surface area contributed by atoms with Crippen LogP contribution in [0.15, 0.2) is 30.3 Å². The molecule has 0 saturated heterocycles. The standard InChI is InChI=1S/C19H18O6/c1-22-15-9-12(7-8-14(15)19(20)21)5-6-13-10-16(23-2)18(25-4)17(11-13)24-3/h7-11H,1-4H3,(H,20,21). The van der Waals surface area contributed by atoms with Crippen LogP contribution < -0.4 is 18.9 Å². The summed E-state index contributed by atoms with van der Waals surface area (Å²) in [5.41, 5.74) is 1.37. The molecule has 0 unspecified atom stereocenters. The maximum absolute atomic E-state index is 11.1. The van der Waals surface area contributed by atoms with E-state index in [-0.39, 0.29) is 11.3 Å². The summed E-state index contributed by atoms with van der Waals surface area (Å²) in [5, 5.41) is 9.10. The van der Waals surface area contributed by atoms with Gasteiger partial charge >= 0.3 is 5.97 Å². The van der Waals surface area contributed by atoms with Crippen molar-refractivity contribution in [1.82, 2.24) is 0 Å². The first-order chi connectivity index (χ1) is 12.0. The largest absolute Gasteiger partial charge is 0.496 e. The van der Waals surface area contributed by atoms with Gasteiger partial charge in [0.05, 0.1) is 28.4 Å². The predicted molar refractivity (Wildman–Crippen MR) is 92.0 cm³/mol. The minimum Gasteiger partial charge on any atom is -0.496 e. The molecule has 6 heteroatoms. The molecule has 0 atom stereocenters. The van der Waals surface area contributed by atoms with E-state index in [1.165, 1.54) is 34.5 Å². The van der Waals surface area contributed by atoms with Gasteiger partial charge in [0.2, 0.25) is 5.75 Å². The molecule has 0 aliphatic heterocycles. The van der Waals surface area contributed by atoms with Crippen LogP contribution in [-0.2, 0) is 0 Å². The minimum atomic E-state index is -1.05. The van der Waals surface area contributed by atoms with Crippen LogP contribution in [0.5, 0.6) is 23.0 Å². The van der Waals surface area contributed by atoms with Crippen molar-refractivity contribution in [2.75, 3.05) is 28.4 Å². The highest BCUT2D eigenvalue weighted by Gasteiger charge is 2.13. The summed E-state index contributed by atoms with van der Waals surface area (Å²) < 4.78 is 21.0. The fourth-order valence-electron chi connectivity index (χ4n) is 2.24. The summed E-state index contributed by atoms with van der Waals surface area (Å²) in [4.78, 5) is 11.1. The first-order valence-electron chi connectivity index (χ1n) is 7.27. The third-order valence-electron chi connectivity index (χ3n) is 3.45. The molecule has 0 fully saturated rings. The van der Waals surface area contributed by atoms with Crippen LogP contribution in [0.3, 0.4) is 0 Å². The maximum Gasteiger partial charge on any atom is 0.339 e. The monoisotopic (exact) mass is 342 g/mol. The van der Waals surface area contributed by atoms with E-state index in [9.17, 15) is 4.79 Å². The fourth-order valence-corrected chi connectivity index (χ4v) is 2.24. The van der Waals surface area contributed by atoms with Gasteiger partial charge in [0.15, 0.2) is 11.5 Å². The fraction of sp³-hybridized carbons (Fsp3) is 0.211. The third-order valence-corrected chi connectivity index (χ3v) is 3.45. The lowest BCUT2D eigenvalue weighted by Crippen LogP contribution is -2.00. The van der Waals surface area contributed by atoms with Crippen LogP contribution in [0.2, 0.25) is 0 Å². The van der Waals surface area contributed by atoms with E-state index < -0.39 is 5.97 Å². The summed E-state index contributed by atoms with van der Waals surface area (Å²) in [6, 6.07) is 8.13. The molecule has 0 aliphatic rings. The Bertz CT molecular complexity index is 820. The van der Waals surface area contributed by atoms with Gasteiger partial charge in [-0.25, -0.2) is 4.79 Å². The summed E-state index contributed by atoms with van der Waals surface area (Å²) >= 11 is 0. The highest BCUT2D eigenvalue weighted by atomic mass is 16.5. The SMILES string of the molecule is COc1cc(C#Cc2cc(OC)c(OC)c(OC)c2)ccc1C(=O)O. The number of ether oxygens (including phenoxy) is 4. The molecule has 0 heterocycles. The van der Waals surface area contributed by atoms with E-state index in [1.54, 1.807) is 24.3 Å². The molecule has 6 nitrogen and oxygen atoms in total. The lowest BCUT2D eigenvalue weighted by molar-refractivity contribution is 0.0693. The zero-order chi connectivity index (χ0) is 18.4. The minimum absolute atomic E-state index is 0.0841. The van der Waals surface area contributed by atoms with Crippen molar-refractivity contribution in [1.29, 1.82) is 0 Å². The lowest BCUT2D eigenvalue weighted by atomic mass is 10.1. The Kier molecular flexibility index (Phi) is 5.75. The van der Waals surface area contributed by atoms with Crippen LogP contribution in [0.25, 0.3) is 0 Å². The van der Waals surface area contributed by atoms with Crippen molar-refractivity contribution < 1.29 is 28.8 Å². The molecule has 2 aromatic rings. The van der Waals surface area contributed by atoms with Crippen LogP contribution in [-0.4, -0.2) is 39.5 Å². The Morgan fingerprint density at radius 1 is 0.800 bits per heavy atom. The Morgan fingerprint density at radius 2 is 1.32 bits per heavy atom. The molecule has 0 aliphatic carbocycles. The number of methoxy groups -OCH3 is 4. The quantitative estimate of drug-likeness (QED) is 0.842. The Morgan fingerprint density at radius 3 is 1.80 bits per heavy atom. The van der Waals surface area contributed by atoms with Crippen molar-refractivity contribution in [3.8, 4) is 34.8 Å². The van der Waals surface area contributed by atoms with Crippen LogP contribution in [0.4, 0.5) is 0 Å². The van der Waals surface area contributed by atoms with E-state index in [4.69, 9.17) is 24.1 Å². The molecular formula is C19H18O6. The topological polar surface area (TPSA) is 74.2 Å². The number of aromatic carboxylic acids is 1. The number of carboxylic acids is 1. The smallest absolute Gasteiger partial charge is 0.339 e. The van der Waals surface area contributed by atoms with Crippen molar-refractivity contribution >= 4 is 5.97 Å². The van der Waals surface area contributed by atoms with Gasteiger partial charge in [-0.1, -0.05) is 11.8 Å². The molecule has 2 aromatic carbocycles. The zero-order valence-corrected chi connectivity index (χ0v) is 14.4. The molecule has 0 bridgehead atoms. The molecular weight excluding hydrogens is 324 g/mol. The number of benzene rings is 2. The summed E-state index contributed by atoms with van der Waals surface area (Å²) in [6.45, 7) is 0. The average molecular weight is 342 g/mol. The van der Waals surface area contributed by atoms with Crippen LogP contribution in [0.1, 0.15) is 21.5 Å². The molecule has 1 N–H and O–H groups in total. The van der Waals surface area contributed by atoms with Crippen molar-refractivity contribution in [3.63, 3.8) is 0 Å². The van der Waals surface area contributed by atoms with Crippen LogP contribution >= 0.6 is 0 Å². The molecule has 0 saturated carbocycles. The van der Waals surface area contributed by atoms with Gasteiger partial charge in [-0.15, -0.1) is 0 Å². The van der Waals surface area contributed by atoms with Gasteiger partial charge < -0.3 is 24.1 Å². The number of hydrogen-bond donors (Lipinski definition) is 1. The highest BCUT2D eigenvalue weighted by molar-refractivity contribution is 5.91. The lowest BCUT2D eigenvalue weighted by Gasteiger charge is -2.12. The summed E-state index contributed by atoms with van der Waals surface area (Å²) in [5.74, 6) is 6.66. The van der Waals surface area contributed by atoms with Crippen molar-refractivity contribution in [2.24, 2.45) is 0 Å².